The molecule has 0 N–H and O–H groups in total. The second-order valence-corrected chi connectivity index (χ2v) is 6.98. The van der Waals surface area contributed by atoms with E-state index in [9.17, 15) is 9.59 Å². The highest BCUT2D eigenvalue weighted by atomic mass is 16.7. The molecule has 0 radical (unpaired) electrons. The lowest BCUT2D eigenvalue weighted by Gasteiger charge is -2.28. The summed E-state index contributed by atoms with van der Waals surface area (Å²) >= 11 is 0. The number of carbonyl (C=O) groups is 2. The molecule has 8 nitrogen and oxygen atoms in total. The number of ether oxygens (including phenoxy) is 3. The molecule has 1 saturated heterocycles. The molecule has 0 unspecified atom stereocenters. The van der Waals surface area contributed by atoms with Gasteiger partial charge in [0, 0.05) is 43.1 Å². The maximum Gasteiger partial charge on any atom is 0.416 e. The second kappa shape index (κ2) is 6.29. The number of carbonyl (C=O) groups excluding carboxylic acids is 2. The standard InChI is InChI=1S/C19H19N3O5/c23-17-3-1-4-21(17)5-2-6-22-10-13-7-12-8-15-16(26-11-25-15)9-14(12)20-18(13)27-19(22)24/h7-9H,1-6,10-11H2. The number of nitrogens with zero attached hydrogens (tertiary/aromatic N) is 3. The molecular formula is C19H19N3O5. The van der Waals surface area contributed by atoms with Crippen molar-refractivity contribution in [3.8, 4) is 17.4 Å². The van der Waals surface area contributed by atoms with E-state index < -0.39 is 6.09 Å². The Labute approximate surface area is 155 Å². The minimum Gasteiger partial charge on any atom is -0.454 e. The Morgan fingerprint density at radius 1 is 1.04 bits per heavy atom. The summed E-state index contributed by atoms with van der Waals surface area (Å²) in [5.74, 6) is 1.90. The molecule has 3 aliphatic rings. The highest BCUT2D eigenvalue weighted by Gasteiger charge is 2.28. The molecule has 0 aliphatic carbocycles. The molecule has 4 heterocycles. The number of hydrogen-bond acceptors (Lipinski definition) is 6. The van der Waals surface area contributed by atoms with E-state index in [4.69, 9.17) is 14.2 Å². The topological polar surface area (TPSA) is 81.2 Å². The maximum absolute atomic E-state index is 12.3. The molecule has 140 valence electrons. The van der Waals surface area contributed by atoms with Crippen LogP contribution in [0.2, 0.25) is 0 Å². The summed E-state index contributed by atoms with van der Waals surface area (Å²) in [6.07, 6.45) is 1.89. The summed E-state index contributed by atoms with van der Waals surface area (Å²) in [5.41, 5.74) is 1.56. The van der Waals surface area contributed by atoms with Crippen molar-refractivity contribution in [1.82, 2.24) is 14.8 Å². The first kappa shape index (κ1) is 16.2. The third-order valence-electron chi connectivity index (χ3n) is 5.18. The van der Waals surface area contributed by atoms with Crippen molar-refractivity contribution in [3.63, 3.8) is 0 Å². The third kappa shape index (κ3) is 2.90. The molecule has 27 heavy (non-hydrogen) atoms. The highest BCUT2D eigenvalue weighted by Crippen LogP contribution is 2.37. The zero-order valence-corrected chi connectivity index (χ0v) is 14.8. The number of amides is 2. The number of likely N-dealkylation sites (tertiary alicyclic amines) is 1. The number of benzene rings is 1. The van der Waals surface area contributed by atoms with Crippen molar-refractivity contribution < 1.29 is 23.8 Å². The van der Waals surface area contributed by atoms with Crippen LogP contribution in [-0.4, -0.2) is 53.2 Å². The highest BCUT2D eigenvalue weighted by molar-refractivity contribution is 5.85. The zero-order valence-electron chi connectivity index (χ0n) is 14.8. The van der Waals surface area contributed by atoms with E-state index in [1.54, 1.807) is 11.0 Å². The van der Waals surface area contributed by atoms with Crippen LogP contribution >= 0.6 is 0 Å². The van der Waals surface area contributed by atoms with Gasteiger partial charge in [-0.25, -0.2) is 9.78 Å². The third-order valence-corrected chi connectivity index (χ3v) is 5.18. The van der Waals surface area contributed by atoms with Crippen molar-refractivity contribution in [2.24, 2.45) is 0 Å². The number of fused-ring (bicyclic) bond motifs is 3. The molecule has 2 aromatic rings. The van der Waals surface area contributed by atoms with Gasteiger partial charge in [-0.15, -0.1) is 0 Å². The molecule has 0 saturated carbocycles. The number of pyridine rings is 1. The Morgan fingerprint density at radius 3 is 2.67 bits per heavy atom. The fourth-order valence-corrected chi connectivity index (χ4v) is 3.77. The Balaban J connectivity index is 1.32. The number of rotatable bonds is 4. The van der Waals surface area contributed by atoms with Crippen molar-refractivity contribution in [3.05, 3.63) is 23.8 Å². The van der Waals surface area contributed by atoms with E-state index in [0.29, 0.717) is 49.0 Å². The van der Waals surface area contributed by atoms with Crippen LogP contribution in [-0.2, 0) is 11.3 Å². The summed E-state index contributed by atoms with van der Waals surface area (Å²) in [4.78, 5) is 32.0. The molecule has 0 bridgehead atoms. The average Bonchev–Trinajstić information content (AvgIpc) is 3.27. The quantitative estimate of drug-likeness (QED) is 0.823. The second-order valence-electron chi connectivity index (χ2n) is 6.98. The first-order chi connectivity index (χ1) is 13.2. The zero-order chi connectivity index (χ0) is 18.4. The largest absolute Gasteiger partial charge is 0.454 e. The van der Waals surface area contributed by atoms with Crippen LogP contribution in [0.5, 0.6) is 17.4 Å². The molecule has 3 aliphatic heterocycles. The Kier molecular flexibility index (Phi) is 3.77. The molecule has 1 fully saturated rings. The van der Waals surface area contributed by atoms with Crippen LogP contribution in [0.15, 0.2) is 18.2 Å². The van der Waals surface area contributed by atoms with Gasteiger partial charge in [0.25, 0.3) is 0 Å². The van der Waals surface area contributed by atoms with E-state index in [1.165, 1.54) is 0 Å². The summed E-state index contributed by atoms with van der Waals surface area (Å²) in [6, 6.07) is 5.67. The van der Waals surface area contributed by atoms with Gasteiger partial charge in [0.15, 0.2) is 11.5 Å². The first-order valence-corrected chi connectivity index (χ1v) is 9.15. The average molecular weight is 369 g/mol. The number of aromatic nitrogens is 1. The van der Waals surface area contributed by atoms with Crippen LogP contribution in [0.3, 0.4) is 0 Å². The molecule has 1 aromatic carbocycles. The smallest absolute Gasteiger partial charge is 0.416 e. The fourth-order valence-electron chi connectivity index (χ4n) is 3.77. The van der Waals surface area contributed by atoms with Crippen molar-refractivity contribution >= 4 is 22.9 Å². The van der Waals surface area contributed by atoms with E-state index in [2.05, 4.69) is 4.98 Å². The normalized spacial score (nSPS) is 18.2. The van der Waals surface area contributed by atoms with Crippen molar-refractivity contribution in [2.75, 3.05) is 26.4 Å². The Hall–Kier alpha value is -3.03. The van der Waals surface area contributed by atoms with Gasteiger partial charge in [-0.2, -0.15) is 0 Å². The molecular weight excluding hydrogens is 350 g/mol. The van der Waals surface area contributed by atoms with Crippen LogP contribution in [0.25, 0.3) is 10.9 Å². The van der Waals surface area contributed by atoms with Gasteiger partial charge in [-0.1, -0.05) is 0 Å². The van der Waals surface area contributed by atoms with Gasteiger partial charge in [0.1, 0.15) is 0 Å². The summed E-state index contributed by atoms with van der Waals surface area (Å²) in [5, 5.41) is 0.915. The van der Waals surface area contributed by atoms with Gasteiger partial charge in [0.05, 0.1) is 12.1 Å². The monoisotopic (exact) mass is 369 g/mol. The van der Waals surface area contributed by atoms with Gasteiger partial charge < -0.3 is 24.0 Å². The first-order valence-electron chi connectivity index (χ1n) is 9.15. The molecule has 2 amide bonds. The lowest BCUT2D eigenvalue weighted by molar-refractivity contribution is -0.127. The van der Waals surface area contributed by atoms with Gasteiger partial charge >= 0.3 is 6.09 Å². The molecule has 5 rings (SSSR count). The lowest BCUT2D eigenvalue weighted by Crippen LogP contribution is -2.39. The minimum atomic E-state index is -0.400. The van der Waals surface area contributed by atoms with Crippen LogP contribution in [0, 0.1) is 0 Å². The molecule has 1 aromatic heterocycles. The van der Waals surface area contributed by atoms with Gasteiger partial charge in [0.2, 0.25) is 18.6 Å². The van der Waals surface area contributed by atoms with E-state index >= 15 is 0 Å². The Bertz CT molecular complexity index is 945. The lowest BCUT2D eigenvalue weighted by atomic mass is 10.1. The summed E-state index contributed by atoms with van der Waals surface area (Å²) < 4.78 is 16.2. The fraction of sp³-hybridized carbons (Fsp3) is 0.421. The predicted octanol–water partition coefficient (Wildman–Crippen LogP) is 2.29. The molecule has 0 spiro atoms. The van der Waals surface area contributed by atoms with Crippen LogP contribution in [0.4, 0.5) is 4.79 Å². The SMILES string of the molecule is O=C1CCCN1CCCN1Cc2cc3cc4c(cc3nc2OC1=O)OCO4. The van der Waals surface area contributed by atoms with Crippen molar-refractivity contribution in [1.29, 1.82) is 0 Å². The maximum atomic E-state index is 12.3. The Morgan fingerprint density at radius 2 is 1.85 bits per heavy atom. The number of hydrogen-bond donors (Lipinski definition) is 0. The van der Waals surface area contributed by atoms with E-state index in [1.807, 2.05) is 17.0 Å². The van der Waals surface area contributed by atoms with Crippen LogP contribution in [0.1, 0.15) is 24.8 Å². The summed E-state index contributed by atoms with van der Waals surface area (Å²) in [7, 11) is 0. The molecule has 8 heteroatoms. The predicted molar refractivity (Wildman–Crippen MR) is 94.7 cm³/mol. The van der Waals surface area contributed by atoms with Gasteiger partial charge in [-0.05, 0) is 25.0 Å². The van der Waals surface area contributed by atoms with Gasteiger partial charge in [-0.3, -0.25) is 4.79 Å². The van der Waals surface area contributed by atoms with E-state index in [-0.39, 0.29) is 12.7 Å². The summed E-state index contributed by atoms with van der Waals surface area (Å²) in [6.45, 7) is 2.68. The molecule has 0 atom stereocenters. The van der Waals surface area contributed by atoms with Crippen LogP contribution < -0.4 is 14.2 Å². The van der Waals surface area contributed by atoms with E-state index in [0.717, 1.165) is 30.3 Å². The minimum absolute atomic E-state index is 0.202. The van der Waals surface area contributed by atoms with Crippen molar-refractivity contribution in [2.45, 2.75) is 25.8 Å².